The van der Waals surface area contributed by atoms with Crippen molar-refractivity contribution in [2.24, 2.45) is 5.10 Å². The minimum absolute atomic E-state index is 0.0422. The quantitative estimate of drug-likeness (QED) is 0.484. The number of hydrogen-bond acceptors (Lipinski definition) is 7. The maximum absolute atomic E-state index is 11.8. The molecule has 1 aromatic heterocycles. The van der Waals surface area contributed by atoms with Gasteiger partial charge in [-0.3, -0.25) is 4.79 Å². The van der Waals surface area contributed by atoms with Crippen LogP contribution in [0.3, 0.4) is 0 Å². The maximum atomic E-state index is 11.8. The normalized spacial score (nSPS) is 12.0. The number of rotatable bonds is 7. The molecule has 0 saturated heterocycles. The van der Waals surface area contributed by atoms with E-state index in [-0.39, 0.29) is 18.4 Å². The van der Waals surface area contributed by atoms with Gasteiger partial charge in [-0.05, 0) is 42.3 Å². The van der Waals surface area contributed by atoms with Crippen molar-refractivity contribution >= 4 is 28.6 Å². The van der Waals surface area contributed by atoms with Crippen molar-refractivity contribution in [2.75, 3.05) is 5.73 Å². The maximum Gasteiger partial charge on any atom is 0.247 e. The number of nitrogens with two attached hydrogens (primary N) is 1. The molecule has 7 nitrogen and oxygen atoms in total. The van der Waals surface area contributed by atoms with Crippen LogP contribution in [0, 0.1) is 0 Å². The number of ether oxygens (including phenoxy) is 1. The van der Waals surface area contributed by atoms with E-state index in [2.05, 4.69) is 20.7 Å². The lowest BCUT2D eigenvalue weighted by molar-refractivity contribution is -0.120. The van der Waals surface area contributed by atoms with Crippen LogP contribution in [-0.2, 0) is 11.2 Å². The number of nitrogens with one attached hydrogen (secondary N) is 1. The van der Waals surface area contributed by atoms with Gasteiger partial charge in [0.1, 0.15) is 16.9 Å². The molecule has 0 aliphatic heterocycles. The van der Waals surface area contributed by atoms with E-state index in [1.165, 1.54) is 11.3 Å². The zero-order valence-electron chi connectivity index (χ0n) is 14.7. The fourth-order valence-electron chi connectivity index (χ4n) is 2.32. The topological polar surface area (TPSA) is 102 Å². The van der Waals surface area contributed by atoms with E-state index in [4.69, 9.17) is 10.5 Å². The molecule has 0 bridgehead atoms. The molecular weight excluding hydrogens is 362 g/mol. The number of carbonyl (C=O) groups excluding carboxylic acids is 1. The molecule has 1 heterocycles. The summed E-state index contributed by atoms with van der Waals surface area (Å²) in [5, 5.41) is 12.3. The van der Waals surface area contributed by atoms with Crippen LogP contribution in [0.25, 0.3) is 0 Å². The Kier molecular flexibility index (Phi) is 6.11. The first kappa shape index (κ1) is 18.5. The lowest BCUT2D eigenvalue weighted by Gasteiger charge is -2.15. The number of benzene rings is 2. The molecule has 0 aliphatic carbocycles. The summed E-state index contributed by atoms with van der Waals surface area (Å²) in [7, 11) is 0. The first-order chi connectivity index (χ1) is 13.1. The summed E-state index contributed by atoms with van der Waals surface area (Å²) in [4.78, 5) is 11.8. The summed E-state index contributed by atoms with van der Waals surface area (Å²) in [6, 6.07) is 17.5. The number of hydrogen-bond donors (Lipinski definition) is 2. The number of carbonyl (C=O) groups is 1. The zero-order chi connectivity index (χ0) is 19.1. The van der Waals surface area contributed by atoms with Gasteiger partial charge in [-0.2, -0.15) is 5.10 Å². The van der Waals surface area contributed by atoms with E-state index in [1.807, 2.05) is 61.5 Å². The van der Waals surface area contributed by atoms with Crippen LogP contribution < -0.4 is 15.9 Å². The molecule has 0 aliphatic rings. The third-order valence-electron chi connectivity index (χ3n) is 3.66. The molecule has 1 atom stereocenters. The van der Waals surface area contributed by atoms with Gasteiger partial charge < -0.3 is 10.5 Å². The van der Waals surface area contributed by atoms with Crippen LogP contribution in [0.1, 0.15) is 29.2 Å². The second kappa shape index (κ2) is 8.91. The Morgan fingerprint density at radius 3 is 2.63 bits per heavy atom. The fourth-order valence-corrected chi connectivity index (χ4v) is 2.93. The van der Waals surface area contributed by atoms with E-state index in [9.17, 15) is 4.79 Å². The van der Waals surface area contributed by atoms with E-state index in [1.54, 1.807) is 6.21 Å². The molecule has 0 radical (unpaired) electrons. The average Bonchev–Trinajstić information content (AvgIpc) is 3.08. The van der Waals surface area contributed by atoms with Crippen molar-refractivity contribution in [3.63, 3.8) is 0 Å². The number of anilines is 1. The molecule has 3 aromatic rings. The standard InChI is InChI=1S/C19H19N5O2S/c1-13(15-5-3-2-4-6-15)26-16-9-7-14(8-10-16)12-21-22-17(25)11-18-23-24-19(20)27-18/h2-10,12-13H,11H2,1H3,(H2,20,24)(H,22,25)/b21-12-/t13-/m0/s1. The number of hydrazone groups is 1. The predicted molar refractivity (Wildman–Crippen MR) is 106 cm³/mol. The summed E-state index contributed by atoms with van der Waals surface area (Å²) < 4.78 is 5.93. The number of nitrogen functional groups attached to an aromatic ring is 1. The molecule has 0 unspecified atom stereocenters. The van der Waals surface area contributed by atoms with Crippen molar-refractivity contribution in [3.05, 3.63) is 70.7 Å². The number of aromatic nitrogens is 2. The lowest BCUT2D eigenvalue weighted by atomic mass is 10.1. The van der Waals surface area contributed by atoms with E-state index >= 15 is 0 Å². The summed E-state index contributed by atoms with van der Waals surface area (Å²) in [5.41, 5.74) is 9.89. The highest BCUT2D eigenvalue weighted by atomic mass is 32.1. The number of amides is 1. The second-order valence-corrected chi connectivity index (χ2v) is 6.84. The predicted octanol–water partition coefficient (Wildman–Crippen LogP) is 2.95. The van der Waals surface area contributed by atoms with Crippen LogP contribution in [-0.4, -0.2) is 22.3 Å². The number of nitrogens with zero attached hydrogens (tertiary/aromatic N) is 3. The summed E-state index contributed by atoms with van der Waals surface area (Å²) in [5.74, 6) is 0.487. The van der Waals surface area contributed by atoms with E-state index < -0.39 is 0 Å². The van der Waals surface area contributed by atoms with Gasteiger partial charge in [0, 0.05) is 0 Å². The molecule has 1 amide bonds. The smallest absolute Gasteiger partial charge is 0.247 e. The van der Waals surface area contributed by atoms with Gasteiger partial charge >= 0.3 is 0 Å². The highest BCUT2D eigenvalue weighted by Gasteiger charge is 2.08. The first-order valence-corrected chi connectivity index (χ1v) is 9.13. The van der Waals surface area contributed by atoms with Crippen LogP contribution in [0.5, 0.6) is 5.75 Å². The minimum Gasteiger partial charge on any atom is -0.486 e. The average molecular weight is 381 g/mol. The zero-order valence-corrected chi connectivity index (χ0v) is 15.5. The molecule has 0 spiro atoms. The van der Waals surface area contributed by atoms with Crippen molar-refractivity contribution in [1.29, 1.82) is 0 Å². The molecule has 0 fully saturated rings. The van der Waals surface area contributed by atoms with Crippen molar-refractivity contribution in [1.82, 2.24) is 15.6 Å². The Labute approximate surface area is 160 Å². The molecule has 3 rings (SSSR count). The lowest BCUT2D eigenvalue weighted by Crippen LogP contribution is -2.19. The van der Waals surface area contributed by atoms with Gasteiger partial charge in [0.05, 0.1) is 12.6 Å². The Morgan fingerprint density at radius 1 is 1.22 bits per heavy atom. The highest BCUT2D eigenvalue weighted by molar-refractivity contribution is 7.15. The minimum atomic E-state index is -0.279. The molecular formula is C19H19N5O2S. The van der Waals surface area contributed by atoms with Gasteiger partial charge in [0.15, 0.2) is 0 Å². The first-order valence-electron chi connectivity index (χ1n) is 8.31. The second-order valence-electron chi connectivity index (χ2n) is 5.74. The Bertz CT molecular complexity index is 909. The monoisotopic (exact) mass is 381 g/mol. The Balaban J connectivity index is 1.49. The van der Waals surface area contributed by atoms with Gasteiger partial charge in [0.2, 0.25) is 11.0 Å². The summed E-state index contributed by atoms with van der Waals surface area (Å²) in [6.45, 7) is 2.01. The Hall–Kier alpha value is -3.26. The molecule has 2 aromatic carbocycles. The molecule has 3 N–H and O–H groups in total. The summed E-state index contributed by atoms with van der Waals surface area (Å²) >= 11 is 1.18. The third kappa shape index (κ3) is 5.61. The van der Waals surface area contributed by atoms with E-state index in [0.29, 0.717) is 10.1 Å². The highest BCUT2D eigenvalue weighted by Crippen LogP contribution is 2.21. The molecule has 8 heteroatoms. The van der Waals surface area contributed by atoms with Crippen molar-refractivity contribution in [2.45, 2.75) is 19.4 Å². The Morgan fingerprint density at radius 2 is 1.96 bits per heavy atom. The fraction of sp³-hybridized carbons (Fsp3) is 0.158. The van der Waals surface area contributed by atoms with Crippen LogP contribution in [0.4, 0.5) is 5.13 Å². The van der Waals surface area contributed by atoms with Crippen molar-refractivity contribution in [3.8, 4) is 5.75 Å². The third-order valence-corrected chi connectivity index (χ3v) is 4.41. The molecule has 0 saturated carbocycles. The SMILES string of the molecule is C[C@H](Oc1ccc(/C=N\NC(=O)Cc2nnc(N)s2)cc1)c1ccccc1. The van der Waals surface area contributed by atoms with Gasteiger partial charge in [-0.1, -0.05) is 41.7 Å². The van der Waals surface area contributed by atoms with Crippen LogP contribution in [0.2, 0.25) is 0 Å². The van der Waals surface area contributed by atoms with Gasteiger partial charge in [0.25, 0.3) is 0 Å². The van der Waals surface area contributed by atoms with Crippen molar-refractivity contribution < 1.29 is 9.53 Å². The molecule has 138 valence electrons. The van der Waals surface area contributed by atoms with Crippen LogP contribution >= 0.6 is 11.3 Å². The summed E-state index contributed by atoms with van der Waals surface area (Å²) in [6.07, 6.45) is 1.62. The molecule has 27 heavy (non-hydrogen) atoms. The largest absolute Gasteiger partial charge is 0.486 e. The van der Waals surface area contributed by atoms with Gasteiger partial charge in [-0.25, -0.2) is 5.43 Å². The van der Waals surface area contributed by atoms with Gasteiger partial charge in [-0.15, -0.1) is 10.2 Å². The van der Waals surface area contributed by atoms with Crippen LogP contribution in [0.15, 0.2) is 59.7 Å². The van der Waals surface area contributed by atoms with E-state index in [0.717, 1.165) is 16.9 Å².